The van der Waals surface area contributed by atoms with Crippen molar-refractivity contribution in [2.45, 2.75) is 18.9 Å². The van der Waals surface area contributed by atoms with E-state index < -0.39 is 0 Å². The monoisotopic (exact) mass is 384 g/mol. The number of carbonyl (C=O) groups excluding carboxylic acids is 1. The van der Waals surface area contributed by atoms with Gasteiger partial charge in [0.05, 0.1) is 0 Å². The summed E-state index contributed by atoms with van der Waals surface area (Å²) >= 11 is 3.41. The van der Waals surface area contributed by atoms with Gasteiger partial charge in [-0.15, -0.1) is 12.4 Å². The van der Waals surface area contributed by atoms with Gasteiger partial charge in [-0.1, -0.05) is 15.9 Å². The normalized spacial score (nSPS) is 26.7. The largest absolute Gasteiger partial charge is 0.451 e. The summed E-state index contributed by atoms with van der Waals surface area (Å²) in [5, 5.41) is 4.11. The fraction of sp³-hybridized carbons (Fsp3) is 0.438. The van der Waals surface area contributed by atoms with E-state index >= 15 is 0 Å². The minimum Gasteiger partial charge on any atom is -0.451 e. The van der Waals surface area contributed by atoms with Gasteiger partial charge in [0, 0.05) is 22.4 Å². The summed E-state index contributed by atoms with van der Waals surface area (Å²) in [6.45, 7) is 3.33. The molecule has 4 heterocycles. The fourth-order valence-corrected chi connectivity index (χ4v) is 3.83. The van der Waals surface area contributed by atoms with Crippen molar-refractivity contribution in [3.8, 4) is 0 Å². The van der Waals surface area contributed by atoms with E-state index in [2.05, 4.69) is 26.1 Å². The first-order chi connectivity index (χ1) is 10.2. The summed E-state index contributed by atoms with van der Waals surface area (Å²) in [6, 6.07) is 7.87. The molecule has 0 radical (unpaired) electrons. The lowest BCUT2D eigenvalue weighted by Crippen LogP contribution is -2.57. The van der Waals surface area contributed by atoms with Crippen molar-refractivity contribution in [2.24, 2.45) is 5.92 Å². The number of amides is 1. The molecule has 5 rings (SSSR count). The molecule has 22 heavy (non-hydrogen) atoms. The molecule has 1 aromatic carbocycles. The van der Waals surface area contributed by atoms with E-state index in [4.69, 9.17) is 4.42 Å². The van der Waals surface area contributed by atoms with Crippen LogP contribution in [0.5, 0.6) is 0 Å². The third-order valence-electron chi connectivity index (χ3n) is 4.68. The SMILES string of the molecule is Cl.O=C(N[C@H]1CN2CCC1CC2)c1cc2ccc(Br)cc2o1. The van der Waals surface area contributed by atoms with Crippen molar-refractivity contribution >= 4 is 45.2 Å². The van der Waals surface area contributed by atoms with Crippen LogP contribution in [-0.2, 0) is 0 Å². The molecule has 2 bridgehead atoms. The Morgan fingerprint density at radius 2 is 2.05 bits per heavy atom. The van der Waals surface area contributed by atoms with Crippen LogP contribution in [0.1, 0.15) is 23.4 Å². The number of carbonyl (C=O) groups is 1. The number of fused-ring (bicyclic) bond motifs is 4. The number of furan rings is 1. The first-order valence-corrected chi connectivity index (χ1v) is 8.21. The van der Waals surface area contributed by atoms with Crippen LogP contribution in [0.15, 0.2) is 33.2 Å². The maximum Gasteiger partial charge on any atom is 0.287 e. The lowest BCUT2D eigenvalue weighted by Gasteiger charge is -2.44. The van der Waals surface area contributed by atoms with E-state index in [0.29, 0.717) is 11.7 Å². The van der Waals surface area contributed by atoms with Crippen molar-refractivity contribution < 1.29 is 9.21 Å². The second-order valence-electron chi connectivity index (χ2n) is 6.01. The molecule has 118 valence electrons. The van der Waals surface area contributed by atoms with Gasteiger partial charge in [0.15, 0.2) is 5.76 Å². The molecule has 1 atom stereocenters. The van der Waals surface area contributed by atoms with Crippen molar-refractivity contribution in [3.05, 3.63) is 34.5 Å². The van der Waals surface area contributed by atoms with E-state index in [1.807, 2.05) is 24.3 Å². The highest BCUT2D eigenvalue weighted by molar-refractivity contribution is 9.10. The summed E-state index contributed by atoms with van der Waals surface area (Å²) in [7, 11) is 0. The van der Waals surface area contributed by atoms with Crippen LogP contribution in [0.25, 0.3) is 11.0 Å². The fourth-order valence-electron chi connectivity index (χ4n) is 3.49. The van der Waals surface area contributed by atoms with E-state index in [9.17, 15) is 4.79 Å². The standard InChI is InChI=1S/C16H17BrN2O2.ClH/c17-12-2-1-11-7-15(21-14(11)8-12)16(20)18-13-9-19-5-3-10(13)4-6-19;/h1-2,7-8,10,13H,3-6,9H2,(H,18,20);1H/t13-;/m0./s1. The third kappa shape index (κ3) is 2.90. The number of benzene rings is 1. The number of rotatable bonds is 2. The van der Waals surface area contributed by atoms with Crippen LogP contribution >= 0.6 is 28.3 Å². The Labute approximate surface area is 143 Å². The Bertz CT molecular complexity index is 695. The average Bonchev–Trinajstić information content (AvgIpc) is 2.91. The zero-order chi connectivity index (χ0) is 14.4. The Kier molecular flexibility index (Phi) is 4.48. The highest BCUT2D eigenvalue weighted by Gasteiger charge is 2.35. The molecule has 6 heteroatoms. The van der Waals surface area contributed by atoms with Gasteiger partial charge in [0.1, 0.15) is 5.58 Å². The van der Waals surface area contributed by atoms with Crippen LogP contribution in [0, 0.1) is 5.92 Å². The zero-order valence-electron chi connectivity index (χ0n) is 12.0. The van der Waals surface area contributed by atoms with Gasteiger partial charge in [-0.3, -0.25) is 4.79 Å². The van der Waals surface area contributed by atoms with Gasteiger partial charge < -0.3 is 14.6 Å². The highest BCUT2D eigenvalue weighted by atomic mass is 79.9. The van der Waals surface area contributed by atoms with Gasteiger partial charge in [-0.05, 0) is 56.1 Å². The first-order valence-electron chi connectivity index (χ1n) is 7.41. The molecule has 4 nitrogen and oxygen atoms in total. The van der Waals surface area contributed by atoms with Crippen LogP contribution < -0.4 is 5.32 Å². The molecule has 1 aromatic heterocycles. The summed E-state index contributed by atoms with van der Waals surface area (Å²) in [5.41, 5.74) is 0.739. The number of nitrogens with zero attached hydrogens (tertiary/aromatic N) is 1. The lowest BCUT2D eigenvalue weighted by molar-refractivity contribution is 0.0607. The molecular weight excluding hydrogens is 368 g/mol. The highest BCUT2D eigenvalue weighted by Crippen LogP contribution is 2.28. The molecular formula is C16H18BrClN2O2. The van der Waals surface area contributed by atoms with Crippen LogP contribution in [-0.4, -0.2) is 36.5 Å². The molecule has 0 saturated carbocycles. The summed E-state index contributed by atoms with van der Waals surface area (Å²) in [4.78, 5) is 14.8. The molecule has 3 fully saturated rings. The quantitative estimate of drug-likeness (QED) is 0.861. The van der Waals surface area contributed by atoms with Crippen molar-refractivity contribution in [2.75, 3.05) is 19.6 Å². The van der Waals surface area contributed by atoms with E-state index in [0.717, 1.165) is 22.0 Å². The minimum atomic E-state index is -0.0962. The Balaban J connectivity index is 0.00000144. The van der Waals surface area contributed by atoms with Crippen molar-refractivity contribution in [1.82, 2.24) is 10.2 Å². The van der Waals surface area contributed by atoms with Crippen LogP contribution in [0.3, 0.4) is 0 Å². The van der Waals surface area contributed by atoms with Crippen molar-refractivity contribution in [3.63, 3.8) is 0 Å². The number of nitrogens with one attached hydrogen (secondary N) is 1. The van der Waals surface area contributed by atoms with E-state index in [1.165, 1.54) is 25.9 Å². The molecule has 3 saturated heterocycles. The van der Waals surface area contributed by atoms with Gasteiger partial charge in [-0.2, -0.15) is 0 Å². The molecule has 3 aliphatic heterocycles. The van der Waals surface area contributed by atoms with E-state index in [-0.39, 0.29) is 24.4 Å². The minimum absolute atomic E-state index is 0. The lowest BCUT2D eigenvalue weighted by atomic mass is 9.84. The Hall–Kier alpha value is -1.04. The molecule has 1 N–H and O–H groups in total. The number of halogens is 2. The van der Waals surface area contributed by atoms with Gasteiger partial charge in [0.2, 0.25) is 0 Å². The molecule has 0 aliphatic carbocycles. The predicted molar refractivity (Wildman–Crippen MR) is 91.6 cm³/mol. The predicted octanol–water partition coefficient (Wildman–Crippen LogP) is 3.44. The van der Waals surface area contributed by atoms with Crippen LogP contribution in [0.2, 0.25) is 0 Å². The molecule has 2 aromatic rings. The average molecular weight is 386 g/mol. The number of hydrogen-bond acceptors (Lipinski definition) is 3. The summed E-state index contributed by atoms with van der Waals surface area (Å²) < 4.78 is 6.63. The molecule has 3 aliphatic rings. The second kappa shape index (κ2) is 6.22. The first kappa shape index (κ1) is 15.8. The Morgan fingerprint density at radius 1 is 1.27 bits per heavy atom. The molecule has 0 unspecified atom stereocenters. The Morgan fingerprint density at radius 3 is 2.73 bits per heavy atom. The second-order valence-corrected chi connectivity index (χ2v) is 6.93. The third-order valence-corrected chi connectivity index (χ3v) is 5.17. The topological polar surface area (TPSA) is 45.5 Å². The van der Waals surface area contributed by atoms with Gasteiger partial charge in [-0.25, -0.2) is 0 Å². The maximum atomic E-state index is 12.4. The summed E-state index contributed by atoms with van der Waals surface area (Å²) in [5.74, 6) is 0.929. The van der Waals surface area contributed by atoms with Gasteiger partial charge in [0.25, 0.3) is 5.91 Å². The zero-order valence-corrected chi connectivity index (χ0v) is 14.5. The van der Waals surface area contributed by atoms with Crippen LogP contribution in [0.4, 0.5) is 0 Å². The maximum absolute atomic E-state index is 12.4. The number of piperidine rings is 3. The molecule has 0 spiro atoms. The van der Waals surface area contributed by atoms with Crippen molar-refractivity contribution in [1.29, 1.82) is 0 Å². The number of hydrogen-bond donors (Lipinski definition) is 1. The smallest absolute Gasteiger partial charge is 0.287 e. The van der Waals surface area contributed by atoms with E-state index in [1.54, 1.807) is 0 Å². The molecule has 1 amide bonds. The summed E-state index contributed by atoms with van der Waals surface area (Å²) in [6.07, 6.45) is 2.38. The van der Waals surface area contributed by atoms with Gasteiger partial charge >= 0.3 is 0 Å².